The number of hydrogen-bond donors (Lipinski definition) is 3. The summed E-state index contributed by atoms with van der Waals surface area (Å²) in [7, 11) is 1.44. The predicted molar refractivity (Wildman–Crippen MR) is 129 cm³/mol. The average Bonchev–Trinajstić information content (AvgIpc) is 3.59. The summed E-state index contributed by atoms with van der Waals surface area (Å²) in [6.07, 6.45) is 6.18. The molecule has 0 unspecified atom stereocenters. The molecular weight excluding hydrogens is 404 g/mol. The van der Waals surface area contributed by atoms with Gasteiger partial charge >= 0.3 is 6.03 Å². The van der Waals surface area contributed by atoms with Crippen LogP contribution in [-0.2, 0) is 6.61 Å². The monoisotopic (exact) mass is 436 g/mol. The van der Waals surface area contributed by atoms with Gasteiger partial charge < -0.3 is 10.5 Å². The predicted octanol–water partition coefficient (Wildman–Crippen LogP) is 3.27. The first kappa shape index (κ1) is 23.3. The van der Waals surface area contributed by atoms with Gasteiger partial charge in [0.25, 0.3) is 0 Å². The number of carbonyl (C=O) groups excluding carboxylic acids is 1. The molecule has 0 heterocycles. The van der Waals surface area contributed by atoms with Crippen molar-refractivity contribution in [3.8, 4) is 5.75 Å². The number of hydrazine groups is 2. The second kappa shape index (κ2) is 10.3. The van der Waals surface area contributed by atoms with Gasteiger partial charge in [0.15, 0.2) is 0 Å². The Kier molecular flexibility index (Phi) is 7.50. The number of ether oxygens (including phenoxy) is 1. The fourth-order valence-corrected chi connectivity index (χ4v) is 3.25. The SMILES string of the molecule is Cc1cc(C(N)=CC=NCC2CC2)ccc1OCc1c(C)cccc1N(N)C(=O)N(C)N. The molecule has 0 aliphatic heterocycles. The van der Waals surface area contributed by atoms with E-state index >= 15 is 0 Å². The molecule has 0 atom stereocenters. The molecule has 0 bridgehead atoms. The molecule has 0 radical (unpaired) electrons. The minimum Gasteiger partial charge on any atom is -0.489 e. The Morgan fingerprint density at radius 3 is 2.59 bits per heavy atom. The van der Waals surface area contributed by atoms with E-state index in [4.69, 9.17) is 22.2 Å². The van der Waals surface area contributed by atoms with Crippen LogP contribution in [0.5, 0.6) is 5.75 Å². The van der Waals surface area contributed by atoms with Crippen LogP contribution in [0, 0.1) is 19.8 Å². The van der Waals surface area contributed by atoms with Crippen LogP contribution in [0.2, 0.25) is 0 Å². The third-order valence-corrected chi connectivity index (χ3v) is 5.45. The highest BCUT2D eigenvalue weighted by molar-refractivity contribution is 5.91. The van der Waals surface area contributed by atoms with E-state index in [-0.39, 0.29) is 6.61 Å². The number of anilines is 1. The summed E-state index contributed by atoms with van der Waals surface area (Å²) in [5, 5.41) is 1.96. The maximum atomic E-state index is 12.2. The second-order valence-corrected chi connectivity index (χ2v) is 8.18. The molecule has 1 fully saturated rings. The Morgan fingerprint density at radius 1 is 1.19 bits per heavy atom. The zero-order valence-electron chi connectivity index (χ0n) is 18.9. The van der Waals surface area contributed by atoms with Crippen molar-refractivity contribution in [2.45, 2.75) is 33.3 Å². The number of aliphatic imine (C=N–C) groups is 1. The molecule has 1 aliphatic carbocycles. The summed E-state index contributed by atoms with van der Waals surface area (Å²) in [4.78, 5) is 16.6. The number of hydrogen-bond acceptors (Lipinski definition) is 6. The molecule has 0 aromatic heterocycles. The molecule has 8 heteroatoms. The number of carbonyl (C=O) groups is 1. The Morgan fingerprint density at radius 2 is 1.94 bits per heavy atom. The van der Waals surface area contributed by atoms with E-state index in [1.807, 2.05) is 50.3 Å². The van der Waals surface area contributed by atoms with Crippen LogP contribution in [0.15, 0.2) is 47.5 Å². The maximum Gasteiger partial charge on any atom is 0.352 e. The average molecular weight is 437 g/mol. The van der Waals surface area contributed by atoms with Gasteiger partial charge in [-0.1, -0.05) is 12.1 Å². The Labute approximate surface area is 189 Å². The van der Waals surface area contributed by atoms with Crippen molar-refractivity contribution in [1.82, 2.24) is 5.01 Å². The van der Waals surface area contributed by atoms with E-state index in [0.29, 0.717) is 11.4 Å². The van der Waals surface area contributed by atoms with Crippen molar-refractivity contribution in [2.24, 2.45) is 28.3 Å². The number of urea groups is 1. The quantitative estimate of drug-likeness (QED) is 0.254. The summed E-state index contributed by atoms with van der Waals surface area (Å²) in [5.41, 5.74) is 11.0. The number of nitrogens with two attached hydrogens (primary N) is 3. The molecule has 1 aliphatic rings. The summed E-state index contributed by atoms with van der Waals surface area (Å²) in [5.74, 6) is 13.0. The van der Waals surface area contributed by atoms with Gasteiger partial charge in [-0.15, -0.1) is 0 Å². The lowest BCUT2D eigenvalue weighted by molar-refractivity contribution is 0.216. The highest BCUT2D eigenvalue weighted by Crippen LogP contribution is 2.29. The molecule has 2 aromatic rings. The molecule has 170 valence electrons. The lowest BCUT2D eigenvalue weighted by Crippen LogP contribution is -2.49. The van der Waals surface area contributed by atoms with Gasteiger partial charge in [0, 0.05) is 31.1 Å². The molecule has 6 N–H and O–H groups in total. The second-order valence-electron chi connectivity index (χ2n) is 8.18. The van der Waals surface area contributed by atoms with Gasteiger partial charge in [-0.3, -0.25) is 10.0 Å². The van der Waals surface area contributed by atoms with Crippen molar-refractivity contribution < 1.29 is 9.53 Å². The first-order valence-electron chi connectivity index (χ1n) is 10.6. The van der Waals surface area contributed by atoms with Crippen molar-refractivity contribution in [1.29, 1.82) is 0 Å². The maximum absolute atomic E-state index is 12.2. The fourth-order valence-electron chi connectivity index (χ4n) is 3.25. The van der Waals surface area contributed by atoms with Crippen LogP contribution < -0.4 is 27.2 Å². The fraction of sp³-hybridized carbons (Fsp3) is 0.333. The van der Waals surface area contributed by atoms with Gasteiger partial charge in [0.1, 0.15) is 12.4 Å². The van der Waals surface area contributed by atoms with Crippen molar-refractivity contribution in [2.75, 3.05) is 18.6 Å². The zero-order chi connectivity index (χ0) is 23.3. The zero-order valence-corrected chi connectivity index (χ0v) is 18.9. The number of benzene rings is 2. The van der Waals surface area contributed by atoms with E-state index < -0.39 is 6.03 Å². The molecule has 2 aromatic carbocycles. The van der Waals surface area contributed by atoms with Crippen molar-refractivity contribution in [3.63, 3.8) is 0 Å². The smallest absolute Gasteiger partial charge is 0.352 e. The third-order valence-electron chi connectivity index (χ3n) is 5.45. The Balaban J connectivity index is 1.71. The summed E-state index contributed by atoms with van der Waals surface area (Å²) in [6.45, 7) is 5.04. The highest BCUT2D eigenvalue weighted by Gasteiger charge is 2.20. The summed E-state index contributed by atoms with van der Waals surface area (Å²) in [6, 6.07) is 10.8. The molecule has 32 heavy (non-hydrogen) atoms. The Hall–Kier alpha value is -3.36. The van der Waals surface area contributed by atoms with Gasteiger partial charge in [-0.05, 0) is 79.6 Å². The van der Waals surface area contributed by atoms with Crippen LogP contribution in [0.4, 0.5) is 10.5 Å². The van der Waals surface area contributed by atoms with E-state index in [9.17, 15) is 4.79 Å². The molecule has 1 saturated carbocycles. The topological polar surface area (TPSA) is 123 Å². The normalized spacial score (nSPS) is 14.0. The number of amides is 2. The van der Waals surface area contributed by atoms with Gasteiger partial charge in [0.05, 0.1) is 5.69 Å². The molecule has 0 spiro atoms. The van der Waals surface area contributed by atoms with E-state index in [1.165, 1.54) is 19.9 Å². The number of rotatable bonds is 8. The van der Waals surface area contributed by atoms with E-state index in [1.54, 1.807) is 12.3 Å². The Bertz CT molecular complexity index is 1030. The standard InChI is InChI=1S/C24H32N6O2/c1-16-5-4-6-22(30(27)24(31)29(3)26)20(16)15-32-23-10-9-19(13-17(23)2)21(25)11-12-28-14-18-7-8-18/h4-6,9-13,18H,7-8,14-15,25-27H2,1-3H3. The van der Waals surface area contributed by atoms with E-state index in [2.05, 4.69) is 4.99 Å². The van der Waals surface area contributed by atoms with Gasteiger partial charge in [0.2, 0.25) is 0 Å². The van der Waals surface area contributed by atoms with Crippen molar-refractivity contribution >= 4 is 23.6 Å². The number of nitrogens with zero attached hydrogens (tertiary/aromatic N) is 3. The largest absolute Gasteiger partial charge is 0.489 e. The third kappa shape index (κ3) is 5.87. The molecule has 8 nitrogen and oxygen atoms in total. The molecule has 3 rings (SSSR count). The van der Waals surface area contributed by atoms with Crippen LogP contribution in [-0.4, -0.2) is 30.8 Å². The highest BCUT2D eigenvalue weighted by atomic mass is 16.5. The minimum atomic E-state index is -0.527. The van der Waals surface area contributed by atoms with Crippen LogP contribution in [0.25, 0.3) is 5.70 Å². The molecule has 2 amide bonds. The first-order chi connectivity index (χ1) is 15.3. The first-order valence-corrected chi connectivity index (χ1v) is 10.6. The number of aryl methyl sites for hydroxylation is 2. The lowest BCUT2D eigenvalue weighted by atomic mass is 10.1. The van der Waals surface area contributed by atoms with Crippen molar-refractivity contribution in [3.05, 3.63) is 64.7 Å². The molecular formula is C24H32N6O2. The van der Waals surface area contributed by atoms with Gasteiger partial charge in [-0.2, -0.15) is 0 Å². The summed E-state index contributed by atoms with van der Waals surface area (Å²) < 4.78 is 6.08. The van der Waals surface area contributed by atoms with Crippen LogP contribution in [0.3, 0.4) is 0 Å². The van der Waals surface area contributed by atoms with Crippen LogP contribution >= 0.6 is 0 Å². The molecule has 0 saturated heterocycles. The van der Waals surface area contributed by atoms with E-state index in [0.717, 1.165) is 50.5 Å². The summed E-state index contributed by atoms with van der Waals surface area (Å²) >= 11 is 0. The minimum absolute atomic E-state index is 0.247. The van der Waals surface area contributed by atoms with Crippen LogP contribution in [0.1, 0.15) is 35.1 Å². The number of allylic oxidation sites excluding steroid dienone is 1. The van der Waals surface area contributed by atoms with Gasteiger partial charge in [-0.25, -0.2) is 21.5 Å². The lowest BCUT2D eigenvalue weighted by Gasteiger charge is -2.24.